The molecule has 2 aliphatic heterocycles. The van der Waals surface area contributed by atoms with Crippen LogP contribution < -0.4 is 5.32 Å². The van der Waals surface area contributed by atoms with Crippen molar-refractivity contribution >= 4 is 34.0 Å². The maximum absolute atomic E-state index is 13.8. The van der Waals surface area contributed by atoms with E-state index in [1.807, 2.05) is 49.1 Å². The molecule has 7 rings (SSSR count). The van der Waals surface area contributed by atoms with Crippen LogP contribution in [0.5, 0.6) is 0 Å². The van der Waals surface area contributed by atoms with E-state index in [0.717, 1.165) is 34.0 Å². The molecule has 2 N–H and O–H groups in total. The van der Waals surface area contributed by atoms with E-state index < -0.39 is 5.41 Å². The highest BCUT2D eigenvalue weighted by Crippen LogP contribution is 2.34. The number of amides is 2. The predicted molar refractivity (Wildman–Crippen MR) is 193 cm³/mol. The monoisotopic (exact) mass is 675 g/mol. The average molecular weight is 676 g/mol. The number of likely N-dealkylation sites (tertiary alicyclic amines) is 1. The molecule has 4 heterocycles. The molecule has 3 aromatic carbocycles. The van der Waals surface area contributed by atoms with Crippen LogP contribution in [0.15, 0.2) is 91.3 Å². The molecule has 2 amide bonds. The van der Waals surface area contributed by atoms with Gasteiger partial charge >= 0.3 is 0 Å². The summed E-state index contributed by atoms with van der Waals surface area (Å²) in [6.07, 6.45) is 6.93. The maximum atomic E-state index is 13.8. The van der Waals surface area contributed by atoms with Crippen molar-refractivity contribution in [3.05, 3.63) is 103 Å². The molecule has 1 saturated heterocycles. The number of H-pyrrole nitrogens is 1. The summed E-state index contributed by atoms with van der Waals surface area (Å²) in [6.45, 7) is 6.71. The molecular weight excluding hydrogens is 633 g/mol. The quantitative estimate of drug-likeness (QED) is 0.185. The molecule has 0 saturated carbocycles. The second-order valence-corrected chi connectivity index (χ2v) is 12.4. The molecule has 0 radical (unpaired) electrons. The van der Waals surface area contributed by atoms with Gasteiger partial charge in [-0.15, -0.1) is 0 Å². The molecule has 0 spiro atoms. The lowest BCUT2D eigenvalue weighted by atomic mass is 9.87. The summed E-state index contributed by atoms with van der Waals surface area (Å²) in [5.41, 5.74) is 5.39. The van der Waals surface area contributed by atoms with Crippen molar-refractivity contribution in [2.24, 2.45) is 5.41 Å². The summed E-state index contributed by atoms with van der Waals surface area (Å²) in [6, 6.07) is 21.7. The first-order chi connectivity index (χ1) is 24.4. The highest BCUT2D eigenvalue weighted by atomic mass is 19.1. The molecular formula is C39H42FN7O3. The first-order valence-electron chi connectivity index (χ1n) is 17.0. The highest BCUT2D eigenvalue weighted by Gasteiger charge is 2.45. The summed E-state index contributed by atoms with van der Waals surface area (Å²) < 4.78 is 19.0. The number of hydrogen-bond acceptors (Lipinski definition) is 7. The summed E-state index contributed by atoms with van der Waals surface area (Å²) in [4.78, 5) is 39.7. The van der Waals surface area contributed by atoms with E-state index in [-0.39, 0.29) is 30.8 Å². The zero-order valence-electron chi connectivity index (χ0n) is 28.7. The summed E-state index contributed by atoms with van der Waals surface area (Å²) >= 11 is 0. The average Bonchev–Trinajstić information content (AvgIpc) is 3.78. The van der Waals surface area contributed by atoms with E-state index in [0.29, 0.717) is 49.8 Å². The third kappa shape index (κ3) is 7.49. The third-order valence-corrected chi connectivity index (χ3v) is 9.27. The first kappa shape index (κ1) is 34.6. The van der Waals surface area contributed by atoms with Gasteiger partial charge in [0.25, 0.3) is 0 Å². The number of aromatic nitrogens is 4. The van der Waals surface area contributed by atoms with E-state index in [1.54, 1.807) is 37.7 Å². The minimum atomic E-state index is -0.800. The van der Waals surface area contributed by atoms with Gasteiger partial charge in [0.15, 0.2) is 5.82 Å². The number of ether oxygens (including phenoxy) is 1. The molecule has 0 aliphatic carbocycles. The van der Waals surface area contributed by atoms with Gasteiger partial charge in [0.05, 0.1) is 29.8 Å². The van der Waals surface area contributed by atoms with Gasteiger partial charge in [-0.1, -0.05) is 44.2 Å². The number of aromatic amines is 1. The van der Waals surface area contributed by atoms with Crippen LogP contribution in [0.1, 0.15) is 32.3 Å². The van der Waals surface area contributed by atoms with E-state index in [2.05, 4.69) is 48.6 Å². The molecule has 258 valence electrons. The molecule has 0 bridgehead atoms. The summed E-state index contributed by atoms with van der Waals surface area (Å²) in [5, 5.41) is 11.3. The zero-order valence-corrected chi connectivity index (χ0v) is 28.7. The molecule has 5 aromatic rings. The fourth-order valence-corrected chi connectivity index (χ4v) is 6.65. The van der Waals surface area contributed by atoms with Crippen LogP contribution in [0, 0.1) is 11.2 Å². The minimum absolute atomic E-state index is 0.0502. The van der Waals surface area contributed by atoms with Gasteiger partial charge in [0.1, 0.15) is 5.82 Å². The van der Waals surface area contributed by atoms with Crippen molar-refractivity contribution < 1.29 is 18.7 Å². The van der Waals surface area contributed by atoms with Gasteiger partial charge in [-0.3, -0.25) is 19.6 Å². The standard InChI is InChI=1S/C37H36FN7O3.C2H6/c1-48-24-37(36(47)41-30-11-12-32-31(21-30)34(43-42-32)27-7-9-29(38)10-8-27)15-20-44(23-37)22-33(46)45-18-13-26(14-19-45)25-3-5-28(6-4-25)35-39-16-2-17-40-35;1-2/h2-13,16-17,21H,14-15,18-20,22-24H2,1H3,(H,41,47)(H,42,43);1-2H3/t37-;/m1./s1. The topological polar surface area (TPSA) is 116 Å². The number of hydrogen-bond donors (Lipinski definition) is 2. The largest absolute Gasteiger partial charge is 0.384 e. The van der Waals surface area contributed by atoms with Crippen LogP contribution in [0.25, 0.3) is 39.1 Å². The van der Waals surface area contributed by atoms with Crippen molar-refractivity contribution in [3.8, 4) is 22.6 Å². The SMILES string of the molecule is CC.COC[C@@]1(C(=O)Nc2ccc3[nH]nc(-c4ccc(F)cc4)c3c2)CCN(CC(=O)N2CC=C(c3ccc(-c4ncccn4)cc3)CC2)C1. The number of rotatable bonds is 9. The van der Waals surface area contributed by atoms with Gasteiger partial charge in [-0.25, -0.2) is 14.4 Å². The third-order valence-electron chi connectivity index (χ3n) is 9.27. The summed E-state index contributed by atoms with van der Waals surface area (Å²) in [5.74, 6) is 0.275. The lowest BCUT2D eigenvalue weighted by molar-refractivity contribution is -0.133. The van der Waals surface area contributed by atoms with E-state index in [1.165, 1.54) is 17.7 Å². The normalized spacial score (nSPS) is 17.6. The molecule has 1 fully saturated rings. The predicted octanol–water partition coefficient (Wildman–Crippen LogP) is 6.45. The van der Waals surface area contributed by atoms with Gasteiger partial charge in [-0.05, 0) is 79.1 Å². The highest BCUT2D eigenvalue weighted by molar-refractivity contribution is 6.00. The molecule has 2 aliphatic rings. The number of anilines is 1. The fourth-order valence-electron chi connectivity index (χ4n) is 6.65. The first-order valence-corrected chi connectivity index (χ1v) is 17.0. The van der Waals surface area contributed by atoms with Gasteiger partial charge in [0.2, 0.25) is 11.8 Å². The van der Waals surface area contributed by atoms with E-state index in [9.17, 15) is 14.0 Å². The van der Waals surface area contributed by atoms with Gasteiger partial charge < -0.3 is 15.0 Å². The number of nitrogens with one attached hydrogen (secondary N) is 2. The van der Waals surface area contributed by atoms with Crippen LogP contribution in [0.2, 0.25) is 0 Å². The van der Waals surface area contributed by atoms with E-state index >= 15 is 0 Å². The Morgan fingerprint density at radius 2 is 1.68 bits per heavy atom. The van der Waals surface area contributed by atoms with Crippen LogP contribution in [-0.2, 0) is 14.3 Å². The maximum Gasteiger partial charge on any atom is 0.237 e. The van der Waals surface area contributed by atoms with Gasteiger partial charge in [-0.2, -0.15) is 5.10 Å². The molecule has 50 heavy (non-hydrogen) atoms. The lowest BCUT2D eigenvalue weighted by Gasteiger charge is -2.30. The van der Waals surface area contributed by atoms with Crippen LogP contribution >= 0.6 is 0 Å². The van der Waals surface area contributed by atoms with Crippen LogP contribution in [0.4, 0.5) is 10.1 Å². The number of fused-ring (bicyclic) bond motifs is 1. The fraction of sp³-hybridized carbons (Fsp3) is 0.308. The Morgan fingerprint density at radius 3 is 2.38 bits per heavy atom. The molecule has 10 nitrogen and oxygen atoms in total. The molecule has 11 heteroatoms. The van der Waals surface area contributed by atoms with Gasteiger partial charge in [0, 0.05) is 61.3 Å². The second kappa shape index (κ2) is 15.5. The molecule has 0 unspecified atom stereocenters. The molecule has 2 aromatic heterocycles. The van der Waals surface area contributed by atoms with Crippen molar-refractivity contribution in [1.82, 2.24) is 30.0 Å². The van der Waals surface area contributed by atoms with Crippen molar-refractivity contribution in [2.75, 3.05) is 51.8 Å². The smallest absolute Gasteiger partial charge is 0.237 e. The Bertz CT molecular complexity index is 1960. The number of methoxy groups -OCH3 is 1. The Labute approximate surface area is 291 Å². The number of nitrogens with zero attached hydrogens (tertiary/aromatic N) is 5. The Hall–Kier alpha value is -5.26. The van der Waals surface area contributed by atoms with Crippen molar-refractivity contribution in [1.29, 1.82) is 0 Å². The number of halogens is 1. The van der Waals surface area contributed by atoms with Crippen molar-refractivity contribution in [2.45, 2.75) is 26.7 Å². The zero-order chi connectivity index (χ0) is 35.1. The van der Waals surface area contributed by atoms with Crippen LogP contribution in [-0.4, -0.2) is 88.2 Å². The second-order valence-electron chi connectivity index (χ2n) is 12.4. The van der Waals surface area contributed by atoms with E-state index in [4.69, 9.17) is 4.74 Å². The lowest BCUT2D eigenvalue weighted by Crippen LogP contribution is -2.45. The number of benzene rings is 3. The number of carbonyl (C=O) groups excluding carboxylic acids is 2. The Kier molecular flexibility index (Phi) is 10.7. The minimum Gasteiger partial charge on any atom is -0.384 e. The molecule has 1 atom stereocenters. The Balaban J connectivity index is 0.00000212. The number of carbonyl (C=O) groups is 2. The summed E-state index contributed by atoms with van der Waals surface area (Å²) in [7, 11) is 1.59. The Morgan fingerprint density at radius 1 is 0.960 bits per heavy atom. The van der Waals surface area contributed by atoms with Crippen LogP contribution in [0.3, 0.4) is 0 Å². The van der Waals surface area contributed by atoms with Crippen molar-refractivity contribution in [3.63, 3.8) is 0 Å².